The predicted octanol–water partition coefficient (Wildman–Crippen LogP) is 3.03. The molecule has 3 atom stereocenters. The number of halogens is 1. The molecular formula is C16H22FNO2. The Morgan fingerprint density at radius 3 is 2.95 bits per heavy atom. The van der Waals surface area contributed by atoms with E-state index in [2.05, 4.69) is 4.90 Å². The van der Waals surface area contributed by atoms with Gasteiger partial charge in [0.2, 0.25) is 0 Å². The number of benzene rings is 1. The summed E-state index contributed by atoms with van der Waals surface area (Å²) in [6, 6.07) is 5.09. The fourth-order valence-electron chi connectivity index (χ4n) is 3.52. The summed E-state index contributed by atoms with van der Waals surface area (Å²) in [4.78, 5) is 2.31. The Morgan fingerprint density at radius 1 is 1.35 bits per heavy atom. The molecule has 1 heterocycles. The highest BCUT2D eigenvalue weighted by Gasteiger charge is 2.35. The summed E-state index contributed by atoms with van der Waals surface area (Å²) >= 11 is 0. The van der Waals surface area contributed by atoms with E-state index < -0.39 is 6.10 Å². The van der Waals surface area contributed by atoms with Crippen molar-refractivity contribution in [2.45, 2.75) is 50.9 Å². The molecule has 1 aliphatic heterocycles. The molecule has 1 N–H and O–H groups in total. The quantitative estimate of drug-likeness (QED) is 0.903. The Hall–Kier alpha value is -1.13. The number of ether oxygens (including phenoxy) is 1. The average molecular weight is 279 g/mol. The van der Waals surface area contributed by atoms with Crippen LogP contribution in [0.5, 0.6) is 0 Å². The van der Waals surface area contributed by atoms with Gasteiger partial charge in [-0.25, -0.2) is 4.39 Å². The molecule has 3 rings (SSSR count). The lowest BCUT2D eigenvalue weighted by molar-refractivity contribution is -0.00888. The molecule has 2 unspecified atom stereocenters. The van der Waals surface area contributed by atoms with Crippen LogP contribution >= 0.6 is 0 Å². The molecule has 1 aliphatic carbocycles. The molecule has 0 amide bonds. The highest BCUT2D eigenvalue weighted by molar-refractivity contribution is 5.56. The minimum absolute atomic E-state index is 0.282. The topological polar surface area (TPSA) is 32.7 Å². The lowest BCUT2D eigenvalue weighted by atomic mass is 9.89. The van der Waals surface area contributed by atoms with Crippen molar-refractivity contribution in [3.8, 4) is 0 Å². The van der Waals surface area contributed by atoms with Gasteiger partial charge >= 0.3 is 0 Å². The van der Waals surface area contributed by atoms with E-state index in [9.17, 15) is 9.50 Å². The molecule has 0 radical (unpaired) electrons. The first-order valence-electron chi connectivity index (χ1n) is 7.52. The molecule has 1 saturated heterocycles. The van der Waals surface area contributed by atoms with Gasteiger partial charge in [-0.3, -0.25) is 0 Å². The summed E-state index contributed by atoms with van der Waals surface area (Å²) in [5.74, 6) is -0.293. The largest absolute Gasteiger partial charge is 0.389 e. The fraction of sp³-hybridized carbons (Fsp3) is 0.625. The van der Waals surface area contributed by atoms with E-state index in [1.165, 1.54) is 25.0 Å². The second-order valence-corrected chi connectivity index (χ2v) is 5.83. The third-order valence-corrected chi connectivity index (χ3v) is 4.48. The van der Waals surface area contributed by atoms with Gasteiger partial charge in [0.1, 0.15) is 5.82 Å². The Bertz CT molecular complexity index is 476. The van der Waals surface area contributed by atoms with Gasteiger partial charge in [-0.05, 0) is 38.0 Å². The molecule has 4 heteroatoms. The number of nitrogens with zero attached hydrogens (tertiary/aromatic N) is 1. The number of hydrogen-bond donors (Lipinski definition) is 1. The second kappa shape index (κ2) is 5.70. The molecular weight excluding hydrogens is 257 g/mol. The summed E-state index contributed by atoms with van der Waals surface area (Å²) in [6.07, 6.45) is 4.27. The van der Waals surface area contributed by atoms with Crippen LogP contribution in [0.25, 0.3) is 0 Å². The smallest absolute Gasteiger partial charge is 0.123 e. The van der Waals surface area contributed by atoms with Gasteiger partial charge in [0, 0.05) is 17.8 Å². The van der Waals surface area contributed by atoms with E-state index in [-0.39, 0.29) is 11.9 Å². The number of rotatable bonds is 2. The summed E-state index contributed by atoms with van der Waals surface area (Å²) in [6.45, 7) is 3.21. The number of fused-ring (bicyclic) bond motifs is 1. The first kappa shape index (κ1) is 13.8. The van der Waals surface area contributed by atoms with Crippen molar-refractivity contribution in [3.63, 3.8) is 0 Å². The number of morpholine rings is 1. The first-order valence-corrected chi connectivity index (χ1v) is 7.52. The molecule has 2 fully saturated rings. The molecule has 0 aromatic heterocycles. The van der Waals surface area contributed by atoms with Crippen LogP contribution in [-0.4, -0.2) is 30.4 Å². The summed E-state index contributed by atoms with van der Waals surface area (Å²) in [7, 11) is 0. The van der Waals surface area contributed by atoms with Crippen molar-refractivity contribution < 1.29 is 14.2 Å². The predicted molar refractivity (Wildman–Crippen MR) is 76.4 cm³/mol. The van der Waals surface area contributed by atoms with E-state index in [1.807, 2.05) is 0 Å². The van der Waals surface area contributed by atoms with Crippen LogP contribution in [0.1, 0.15) is 44.3 Å². The van der Waals surface area contributed by atoms with E-state index in [1.54, 1.807) is 13.0 Å². The standard InChI is InChI=1S/C16H22FNO2/c1-11(19)13-10-12(17)6-7-14(13)18-8-9-20-16-5-3-2-4-15(16)18/h6-7,10-11,15-16,19H,2-5,8-9H2,1H3/t11-,15?,16?/m0/s1. The third kappa shape index (κ3) is 2.54. The van der Waals surface area contributed by atoms with Gasteiger partial charge in [0.25, 0.3) is 0 Å². The maximum atomic E-state index is 13.5. The van der Waals surface area contributed by atoms with Gasteiger partial charge in [-0.1, -0.05) is 12.8 Å². The summed E-state index contributed by atoms with van der Waals surface area (Å²) < 4.78 is 19.3. The monoisotopic (exact) mass is 279 g/mol. The van der Waals surface area contributed by atoms with Crippen molar-refractivity contribution in [1.82, 2.24) is 0 Å². The lowest BCUT2D eigenvalue weighted by Gasteiger charge is -2.45. The van der Waals surface area contributed by atoms with Crippen LogP contribution in [0.2, 0.25) is 0 Å². The van der Waals surface area contributed by atoms with Gasteiger partial charge < -0.3 is 14.7 Å². The van der Waals surface area contributed by atoms with Crippen LogP contribution in [0.3, 0.4) is 0 Å². The zero-order chi connectivity index (χ0) is 14.1. The van der Waals surface area contributed by atoms with Crippen LogP contribution < -0.4 is 4.90 Å². The second-order valence-electron chi connectivity index (χ2n) is 5.83. The molecule has 110 valence electrons. The molecule has 3 nitrogen and oxygen atoms in total. The van der Waals surface area contributed by atoms with Crippen LogP contribution in [0.4, 0.5) is 10.1 Å². The van der Waals surface area contributed by atoms with E-state index in [0.29, 0.717) is 18.2 Å². The normalized spacial score (nSPS) is 28.1. The van der Waals surface area contributed by atoms with Crippen molar-refractivity contribution >= 4 is 5.69 Å². The minimum Gasteiger partial charge on any atom is -0.389 e. The molecule has 0 spiro atoms. The van der Waals surface area contributed by atoms with Crippen molar-refractivity contribution in [3.05, 3.63) is 29.6 Å². The highest BCUT2D eigenvalue weighted by atomic mass is 19.1. The fourth-order valence-corrected chi connectivity index (χ4v) is 3.52. The number of aliphatic hydroxyl groups is 1. The number of anilines is 1. The Kier molecular flexibility index (Phi) is 3.94. The zero-order valence-corrected chi connectivity index (χ0v) is 11.9. The number of hydrogen-bond acceptors (Lipinski definition) is 3. The molecule has 20 heavy (non-hydrogen) atoms. The third-order valence-electron chi connectivity index (χ3n) is 4.48. The SMILES string of the molecule is C[C@H](O)c1cc(F)ccc1N1CCOC2CCCCC21. The van der Waals surface area contributed by atoms with Crippen molar-refractivity contribution in [2.75, 3.05) is 18.1 Å². The van der Waals surface area contributed by atoms with Crippen molar-refractivity contribution in [1.29, 1.82) is 0 Å². The van der Waals surface area contributed by atoms with Gasteiger partial charge in [0.05, 0.1) is 24.9 Å². The molecule has 1 aromatic carbocycles. The molecule has 2 aliphatic rings. The molecule has 1 saturated carbocycles. The van der Waals surface area contributed by atoms with Crippen LogP contribution in [0, 0.1) is 5.82 Å². The van der Waals surface area contributed by atoms with Gasteiger partial charge in [-0.2, -0.15) is 0 Å². The molecule has 0 bridgehead atoms. The van der Waals surface area contributed by atoms with E-state index in [4.69, 9.17) is 4.74 Å². The first-order chi connectivity index (χ1) is 9.66. The van der Waals surface area contributed by atoms with E-state index in [0.717, 1.165) is 25.1 Å². The summed E-state index contributed by atoms with van der Waals surface area (Å²) in [5, 5.41) is 9.93. The van der Waals surface area contributed by atoms with E-state index >= 15 is 0 Å². The van der Waals surface area contributed by atoms with Crippen molar-refractivity contribution in [2.24, 2.45) is 0 Å². The molecule has 1 aromatic rings. The van der Waals surface area contributed by atoms with Gasteiger partial charge in [-0.15, -0.1) is 0 Å². The summed E-state index contributed by atoms with van der Waals surface area (Å²) in [5.41, 5.74) is 1.64. The average Bonchev–Trinajstić information content (AvgIpc) is 2.46. The zero-order valence-electron chi connectivity index (χ0n) is 11.9. The Labute approximate surface area is 119 Å². The van der Waals surface area contributed by atoms with Gasteiger partial charge in [0.15, 0.2) is 0 Å². The highest BCUT2D eigenvalue weighted by Crippen LogP contribution is 2.35. The Balaban J connectivity index is 1.94. The Morgan fingerprint density at radius 2 is 2.15 bits per heavy atom. The van der Waals surface area contributed by atoms with Crippen LogP contribution in [-0.2, 0) is 4.74 Å². The maximum Gasteiger partial charge on any atom is 0.123 e. The van der Waals surface area contributed by atoms with Crippen LogP contribution in [0.15, 0.2) is 18.2 Å². The minimum atomic E-state index is -0.661. The number of aliphatic hydroxyl groups excluding tert-OH is 1. The maximum absolute atomic E-state index is 13.5. The lowest BCUT2D eigenvalue weighted by Crippen LogP contribution is -2.53.